The summed E-state index contributed by atoms with van der Waals surface area (Å²) in [4.78, 5) is 0. The van der Waals surface area contributed by atoms with Crippen molar-refractivity contribution in [3.63, 3.8) is 0 Å². The van der Waals surface area contributed by atoms with Gasteiger partial charge in [0.05, 0.1) is 18.8 Å². The van der Waals surface area contributed by atoms with Gasteiger partial charge >= 0.3 is 0 Å². The standard InChI is InChI=1S/C17H15NO/c1-13-5-3-4-6-15(13)11-16(12-18)14-7-9-17(19-2)10-8-14/h3-11H,1-2H3/b16-11+. The summed E-state index contributed by atoms with van der Waals surface area (Å²) in [6.45, 7) is 2.04. The number of rotatable bonds is 3. The molecule has 0 fully saturated rings. The van der Waals surface area contributed by atoms with Crippen molar-refractivity contribution in [1.82, 2.24) is 0 Å². The van der Waals surface area contributed by atoms with Crippen LogP contribution in [0.15, 0.2) is 48.5 Å². The maximum absolute atomic E-state index is 9.31. The third kappa shape index (κ3) is 3.02. The summed E-state index contributed by atoms with van der Waals surface area (Å²) < 4.78 is 5.12. The van der Waals surface area contributed by atoms with Crippen LogP contribution in [0.1, 0.15) is 16.7 Å². The maximum Gasteiger partial charge on any atom is 0.118 e. The fourth-order valence-electron chi connectivity index (χ4n) is 1.85. The van der Waals surface area contributed by atoms with E-state index in [0.29, 0.717) is 5.57 Å². The van der Waals surface area contributed by atoms with Gasteiger partial charge in [-0.05, 0) is 54.0 Å². The topological polar surface area (TPSA) is 33.0 Å². The van der Waals surface area contributed by atoms with Gasteiger partial charge in [-0.2, -0.15) is 5.26 Å². The van der Waals surface area contributed by atoms with Crippen molar-refractivity contribution in [2.24, 2.45) is 0 Å². The van der Waals surface area contributed by atoms with Gasteiger partial charge in [0, 0.05) is 0 Å². The molecular formula is C17H15NO. The highest BCUT2D eigenvalue weighted by Gasteiger charge is 2.02. The lowest BCUT2D eigenvalue weighted by Gasteiger charge is -2.04. The average Bonchev–Trinajstić information content (AvgIpc) is 2.47. The Morgan fingerprint density at radius 3 is 2.37 bits per heavy atom. The molecule has 0 aliphatic rings. The average molecular weight is 249 g/mol. The van der Waals surface area contributed by atoms with E-state index >= 15 is 0 Å². The van der Waals surface area contributed by atoms with E-state index in [2.05, 4.69) is 6.07 Å². The molecule has 19 heavy (non-hydrogen) atoms. The second kappa shape index (κ2) is 5.88. The van der Waals surface area contributed by atoms with Crippen LogP contribution in [0.25, 0.3) is 11.6 Å². The van der Waals surface area contributed by atoms with E-state index in [-0.39, 0.29) is 0 Å². The van der Waals surface area contributed by atoms with Crippen LogP contribution in [0.3, 0.4) is 0 Å². The SMILES string of the molecule is COc1ccc(/C(C#N)=C/c2ccccc2C)cc1. The first-order valence-electron chi connectivity index (χ1n) is 6.06. The first kappa shape index (κ1) is 12.9. The van der Waals surface area contributed by atoms with Crippen LogP contribution in [-0.2, 0) is 0 Å². The molecule has 0 saturated heterocycles. The molecule has 0 aromatic heterocycles. The molecule has 94 valence electrons. The molecule has 0 saturated carbocycles. The third-order valence-corrected chi connectivity index (χ3v) is 3.01. The molecule has 0 heterocycles. The smallest absolute Gasteiger partial charge is 0.118 e. The molecule has 2 heteroatoms. The predicted molar refractivity (Wildman–Crippen MR) is 77.7 cm³/mol. The Hall–Kier alpha value is -2.53. The van der Waals surface area contributed by atoms with Gasteiger partial charge in [-0.1, -0.05) is 24.3 Å². The van der Waals surface area contributed by atoms with E-state index in [1.807, 2.05) is 61.5 Å². The minimum atomic E-state index is 0.650. The third-order valence-electron chi connectivity index (χ3n) is 3.01. The lowest BCUT2D eigenvalue weighted by Crippen LogP contribution is -1.86. The van der Waals surface area contributed by atoms with Gasteiger partial charge in [0.15, 0.2) is 0 Å². The van der Waals surface area contributed by atoms with Crippen LogP contribution in [-0.4, -0.2) is 7.11 Å². The van der Waals surface area contributed by atoms with Crippen molar-refractivity contribution in [2.45, 2.75) is 6.92 Å². The van der Waals surface area contributed by atoms with Crippen molar-refractivity contribution in [1.29, 1.82) is 5.26 Å². The Morgan fingerprint density at radius 1 is 1.11 bits per heavy atom. The number of hydrogen-bond acceptors (Lipinski definition) is 2. The van der Waals surface area contributed by atoms with E-state index in [1.54, 1.807) is 7.11 Å². The summed E-state index contributed by atoms with van der Waals surface area (Å²) in [6.07, 6.45) is 1.91. The van der Waals surface area contributed by atoms with Gasteiger partial charge < -0.3 is 4.74 Å². The molecule has 2 aromatic rings. The molecule has 2 aromatic carbocycles. The summed E-state index contributed by atoms with van der Waals surface area (Å²) >= 11 is 0. The zero-order valence-electron chi connectivity index (χ0n) is 11.1. The fourth-order valence-corrected chi connectivity index (χ4v) is 1.85. The maximum atomic E-state index is 9.31. The molecule has 0 amide bonds. The lowest BCUT2D eigenvalue weighted by molar-refractivity contribution is 0.415. The van der Waals surface area contributed by atoms with E-state index < -0.39 is 0 Å². The highest BCUT2D eigenvalue weighted by Crippen LogP contribution is 2.21. The Kier molecular flexibility index (Phi) is 4.00. The molecule has 0 radical (unpaired) electrons. The van der Waals surface area contributed by atoms with Crippen LogP contribution in [0.4, 0.5) is 0 Å². The highest BCUT2D eigenvalue weighted by atomic mass is 16.5. The van der Waals surface area contributed by atoms with E-state index in [1.165, 1.54) is 0 Å². The van der Waals surface area contributed by atoms with Crippen LogP contribution in [0.5, 0.6) is 5.75 Å². The summed E-state index contributed by atoms with van der Waals surface area (Å²) in [6, 6.07) is 17.8. The van der Waals surface area contributed by atoms with Crippen molar-refractivity contribution >= 4 is 11.6 Å². The monoisotopic (exact) mass is 249 g/mol. The van der Waals surface area contributed by atoms with E-state index in [0.717, 1.165) is 22.4 Å². The molecule has 2 rings (SSSR count). The fraction of sp³-hybridized carbons (Fsp3) is 0.118. The molecule has 0 aliphatic heterocycles. The van der Waals surface area contributed by atoms with Crippen molar-refractivity contribution in [3.05, 3.63) is 65.2 Å². The van der Waals surface area contributed by atoms with Crippen LogP contribution in [0, 0.1) is 18.3 Å². The van der Waals surface area contributed by atoms with Gasteiger partial charge in [-0.15, -0.1) is 0 Å². The second-order valence-corrected chi connectivity index (χ2v) is 4.25. The Morgan fingerprint density at radius 2 is 1.79 bits per heavy atom. The number of hydrogen-bond donors (Lipinski definition) is 0. The first-order valence-corrected chi connectivity index (χ1v) is 6.06. The van der Waals surface area contributed by atoms with Crippen LogP contribution in [0.2, 0.25) is 0 Å². The normalized spacial score (nSPS) is 10.9. The van der Waals surface area contributed by atoms with E-state index in [9.17, 15) is 5.26 Å². The van der Waals surface area contributed by atoms with Crippen molar-refractivity contribution < 1.29 is 4.74 Å². The number of nitrogens with zero attached hydrogens (tertiary/aromatic N) is 1. The zero-order chi connectivity index (χ0) is 13.7. The second-order valence-electron chi connectivity index (χ2n) is 4.25. The minimum absolute atomic E-state index is 0.650. The molecule has 2 nitrogen and oxygen atoms in total. The number of methoxy groups -OCH3 is 1. The highest BCUT2D eigenvalue weighted by molar-refractivity contribution is 5.90. The van der Waals surface area contributed by atoms with Gasteiger partial charge in [0.2, 0.25) is 0 Å². The van der Waals surface area contributed by atoms with Crippen LogP contribution >= 0.6 is 0 Å². The van der Waals surface area contributed by atoms with E-state index in [4.69, 9.17) is 4.74 Å². The van der Waals surface area contributed by atoms with Gasteiger partial charge in [0.1, 0.15) is 5.75 Å². The molecule has 0 unspecified atom stereocenters. The van der Waals surface area contributed by atoms with Crippen LogP contribution < -0.4 is 4.74 Å². The number of benzene rings is 2. The molecule has 0 atom stereocenters. The summed E-state index contributed by atoms with van der Waals surface area (Å²) in [7, 11) is 1.63. The molecule has 0 spiro atoms. The molecular weight excluding hydrogens is 234 g/mol. The summed E-state index contributed by atoms with van der Waals surface area (Å²) in [5, 5.41) is 9.31. The van der Waals surface area contributed by atoms with Gasteiger partial charge in [-0.25, -0.2) is 0 Å². The quantitative estimate of drug-likeness (QED) is 0.607. The number of nitriles is 1. The number of ether oxygens (including phenoxy) is 1. The first-order chi connectivity index (χ1) is 9.24. The largest absolute Gasteiger partial charge is 0.497 e. The Labute approximate surface area is 113 Å². The molecule has 0 aliphatic carbocycles. The Bertz CT molecular complexity index is 633. The summed E-state index contributed by atoms with van der Waals surface area (Å²) in [5.41, 5.74) is 3.77. The predicted octanol–water partition coefficient (Wildman–Crippen LogP) is 4.07. The summed E-state index contributed by atoms with van der Waals surface area (Å²) in [5.74, 6) is 0.789. The molecule has 0 bridgehead atoms. The minimum Gasteiger partial charge on any atom is -0.497 e. The number of allylic oxidation sites excluding steroid dienone is 1. The van der Waals surface area contributed by atoms with Gasteiger partial charge in [0.25, 0.3) is 0 Å². The lowest BCUT2D eigenvalue weighted by atomic mass is 10.0. The van der Waals surface area contributed by atoms with Gasteiger partial charge in [-0.3, -0.25) is 0 Å². The van der Waals surface area contributed by atoms with Crippen molar-refractivity contribution in [2.75, 3.05) is 7.11 Å². The Balaban J connectivity index is 2.40. The zero-order valence-corrected chi connectivity index (χ0v) is 11.1. The van der Waals surface area contributed by atoms with Crippen molar-refractivity contribution in [3.8, 4) is 11.8 Å². The molecule has 0 N–H and O–H groups in total. The number of aryl methyl sites for hydroxylation is 1.